The van der Waals surface area contributed by atoms with Crippen LogP contribution in [0.1, 0.15) is 0 Å². The van der Waals surface area contributed by atoms with Crippen LogP contribution in [-0.4, -0.2) is 0 Å². The lowest BCUT2D eigenvalue weighted by molar-refractivity contribution is 0.483. The molecule has 2 rings (SSSR count). The summed E-state index contributed by atoms with van der Waals surface area (Å²) in [6.45, 7) is 0. The molecule has 0 saturated carbocycles. The van der Waals surface area contributed by atoms with Gasteiger partial charge in [-0.15, -0.1) is 0 Å². The fourth-order valence-corrected chi connectivity index (χ4v) is 2.61. The average Bonchev–Trinajstić information content (AvgIpc) is 2.37. The van der Waals surface area contributed by atoms with E-state index < -0.39 is 0 Å². The van der Waals surface area contributed by atoms with Crippen molar-refractivity contribution in [2.75, 3.05) is 0 Å². The quantitative estimate of drug-likeness (QED) is 0.392. The molecule has 0 heterocycles. The Kier molecular flexibility index (Phi) is 4.99. The van der Waals surface area contributed by atoms with Gasteiger partial charge in [0.1, 0.15) is 10.8 Å². The predicted molar refractivity (Wildman–Crippen MR) is 83.0 cm³/mol. The molecule has 0 radical (unpaired) electrons. The lowest BCUT2D eigenvalue weighted by Gasteiger charge is -2.12. The smallest absolute Gasteiger partial charge is 0.164 e. The molecule has 0 unspecified atom stereocenters. The molecule has 0 atom stereocenters. The first-order valence-corrected chi connectivity index (χ1v) is 7.13. The van der Waals surface area contributed by atoms with Gasteiger partial charge in [-0.1, -0.05) is 75.7 Å². The van der Waals surface area contributed by atoms with Gasteiger partial charge in [0.15, 0.2) is 5.75 Å². The first kappa shape index (κ1) is 15.4. The average molecular weight is 377 g/mol. The van der Waals surface area contributed by atoms with Gasteiger partial charge in [0.05, 0.1) is 25.1 Å². The molecule has 0 amide bonds. The Bertz CT molecular complexity index is 620. The molecule has 1 nitrogen and oxygen atoms in total. The van der Waals surface area contributed by atoms with Crippen molar-refractivity contribution in [1.29, 1.82) is 0 Å². The van der Waals surface area contributed by atoms with Crippen LogP contribution in [-0.2, 0) is 0 Å². The molecule has 0 aliphatic carbocycles. The van der Waals surface area contributed by atoms with Crippen molar-refractivity contribution in [3.8, 4) is 11.5 Å². The Hall–Kier alpha value is -0.0200. The maximum Gasteiger partial charge on any atom is 0.164 e. The van der Waals surface area contributed by atoms with Crippen LogP contribution < -0.4 is 4.74 Å². The molecule has 0 aliphatic rings. The van der Waals surface area contributed by atoms with E-state index in [0.29, 0.717) is 10.0 Å². The molecule has 0 spiro atoms. The van der Waals surface area contributed by atoms with E-state index >= 15 is 0 Å². The second-order valence-electron chi connectivity index (χ2n) is 3.45. The Morgan fingerprint density at radius 1 is 0.684 bits per heavy atom. The van der Waals surface area contributed by atoms with E-state index in [1.165, 1.54) is 6.07 Å². The monoisotopic (exact) mass is 374 g/mol. The summed E-state index contributed by atoms with van der Waals surface area (Å²) in [5.41, 5.74) is 0. The van der Waals surface area contributed by atoms with Crippen LogP contribution in [0.25, 0.3) is 0 Å². The second kappa shape index (κ2) is 6.17. The van der Waals surface area contributed by atoms with Gasteiger partial charge in [0, 0.05) is 6.07 Å². The first-order valence-electron chi connectivity index (χ1n) is 4.86. The molecule has 2 aromatic carbocycles. The van der Waals surface area contributed by atoms with Crippen LogP contribution in [0.3, 0.4) is 0 Å². The van der Waals surface area contributed by atoms with Gasteiger partial charge in [-0.2, -0.15) is 0 Å². The van der Waals surface area contributed by atoms with E-state index in [-0.39, 0.29) is 31.6 Å². The van der Waals surface area contributed by atoms with Crippen LogP contribution in [0, 0.1) is 0 Å². The summed E-state index contributed by atoms with van der Waals surface area (Å²) in [4.78, 5) is 0. The number of hydrogen-bond donors (Lipinski definition) is 0. The van der Waals surface area contributed by atoms with E-state index in [4.69, 9.17) is 74.3 Å². The molecule has 0 aromatic heterocycles. The lowest BCUT2D eigenvalue weighted by Crippen LogP contribution is -1.89. The standard InChI is InChI=1S/C12H4Cl6O/c13-5-2-1-3-6(14)12(5)19-8-4-7(15)9(16)11(18)10(8)17/h1-4H. The Labute approximate surface area is 139 Å². The second-order valence-corrected chi connectivity index (χ2v) is 5.81. The highest BCUT2D eigenvalue weighted by atomic mass is 35.5. The summed E-state index contributed by atoms with van der Waals surface area (Å²) in [5, 5.41) is 1.29. The van der Waals surface area contributed by atoms with Crippen molar-refractivity contribution in [2.24, 2.45) is 0 Å². The van der Waals surface area contributed by atoms with Gasteiger partial charge in [0.25, 0.3) is 0 Å². The van der Waals surface area contributed by atoms with Gasteiger partial charge < -0.3 is 4.74 Å². The van der Waals surface area contributed by atoms with Crippen LogP contribution >= 0.6 is 69.6 Å². The zero-order valence-electron chi connectivity index (χ0n) is 8.99. The third-order valence-corrected chi connectivity index (χ3v) is 4.53. The highest BCUT2D eigenvalue weighted by Gasteiger charge is 2.17. The third kappa shape index (κ3) is 3.18. The summed E-state index contributed by atoms with van der Waals surface area (Å²) in [6, 6.07) is 6.41. The fraction of sp³-hybridized carbons (Fsp3) is 0. The third-order valence-electron chi connectivity index (χ3n) is 2.20. The van der Waals surface area contributed by atoms with Crippen molar-refractivity contribution in [1.82, 2.24) is 0 Å². The maximum atomic E-state index is 6.04. The molecule has 0 fully saturated rings. The minimum Gasteiger partial charge on any atom is -0.453 e. The molecule has 19 heavy (non-hydrogen) atoms. The zero-order chi connectivity index (χ0) is 14.2. The highest BCUT2D eigenvalue weighted by molar-refractivity contribution is 6.52. The Morgan fingerprint density at radius 3 is 1.84 bits per heavy atom. The molecular weight excluding hydrogens is 373 g/mol. The van der Waals surface area contributed by atoms with Crippen LogP contribution in [0.2, 0.25) is 30.1 Å². The molecular formula is C12H4Cl6O. The van der Waals surface area contributed by atoms with E-state index in [1.807, 2.05) is 0 Å². The topological polar surface area (TPSA) is 9.23 Å². The predicted octanol–water partition coefficient (Wildman–Crippen LogP) is 7.40. The molecule has 2 aromatic rings. The molecule has 0 N–H and O–H groups in total. The summed E-state index contributed by atoms with van der Waals surface area (Å²) in [7, 11) is 0. The first-order chi connectivity index (χ1) is 8.91. The van der Waals surface area contributed by atoms with E-state index in [1.54, 1.807) is 18.2 Å². The van der Waals surface area contributed by atoms with Crippen molar-refractivity contribution in [3.63, 3.8) is 0 Å². The van der Waals surface area contributed by atoms with Crippen molar-refractivity contribution in [3.05, 3.63) is 54.4 Å². The van der Waals surface area contributed by atoms with E-state index in [9.17, 15) is 0 Å². The van der Waals surface area contributed by atoms with Gasteiger partial charge in [-0.25, -0.2) is 0 Å². The highest BCUT2D eigenvalue weighted by Crippen LogP contribution is 2.45. The van der Waals surface area contributed by atoms with Gasteiger partial charge >= 0.3 is 0 Å². The zero-order valence-corrected chi connectivity index (χ0v) is 13.5. The summed E-state index contributed by atoms with van der Waals surface area (Å²) in [5.74, 6) is 0.484. The summed E-state index contributed by atoms with van der Waals surface area (Å²) >= 11 is 35.8. The Balaban J connectivity index is 2.50. The molecule has 0 saturated heterocycles. The Morgan fingerprint density at radius 2 is 1.26 bits per heavy atom. The van der Waals surface area contributed by atoms with Gasteiger partial charge in [0.2, 0.25) is 0 Å². The van der Waals surface area contributed by atoms with E-state index in [0.717, 1.165) is 0 Å². The minimum atomic E-state index is 0.106. The van der Waals surface area contributed by atoms with Crippen LogP contribution in [0.15, 0.2) is 24.3 Å². The lowest BCUT2D eigenvalue weighted by atomic mass is 10.3. The number of halogens is 6. The van der Waals surface area contributed by atoms with Crippen molar-refractivity contribution >= 4 is 69.6 Å². The van der Waals surface area contributed by atoms with Gasteiger partial charge in [-0.3, -0.25) is 0 Å². The van der Waals surface area contributed by atoms with Crippen molar-refractivity contribution in [2.45, 2.75) is 0 Å². The van der Waals surface area contributed by atoms with Gasteiger partial charge in [-0.05, 0) is 12.1 Å². The van der Waals surface area contributed by atoms with E-state index in [2.05, 4.69) is 0 Å². The number of ether oxygens (including phenoxy) is 1. The SMILES string of the molecule is Clc1cc(Oc2c(Cl)cccc2Cl)c(Cl)c(Cl)c1Cl. The molecule has 0 aliphatic heterocycles. The summed E-state index contributed by atoms with van der Waals surface area (Å²) in [6.07, 6.45) is 0. The maximum absolute atomic E-state index is 6.04. The van der Waals surface area contributed by atoms with Crippen molar-refractivity contribution < 1.29 is 4.74 Å². The normalized spacial score (nSPS) is 10.6. The summed E-state index contributed by atoms with van der Waals surface area (Å²) < 4.78 is 5.56. The fourth-order valence-electron chi connectivity index (χ4n) is 1.32. The number of benzene rings is 2. The minimum absolute atomic E-state index is 0.106. The van der Waals surface area contributed by atoms with Crippen LogP contribution in [0.5, 0.6) is 11.5 Å². The number of hydrogen-bond acceptors (Lipinski definition) is 1. The van der Waals surface area contributed by atoms with Crippen LogP contribution in [0.4, 0.5) is 0 Å². The number of para-hydroxylation sites is 1. The molecule has 0 bridgehead atoms. The number of rotatable bonds is 2. The molecule has 100 valence electrons. The molecule has 7 heteroatoms. The largest absolute Gasteiger partial charge is 0.453 e.